The molecule has 0 bridgehead atoms. The lowest BCUT2D eigenvalue weighted by Gasteiger charge is -2.32. The van der Waals surface area contributed by atoms with Crippen LogP contribution in [0.3, 0.4) is 0 Å². The fraction of sp³-hybridized carbons (Fsp3) is 0.211. The molecule has 5 heteroatoms. The Labute approximate surface area is 140 Å². The summed E-state index contributed by atoms with van der Waals surface area (Å²) in [6.45, 7) is 0.254. The summed E-state index contributed by atoms with van der Waals surface area (Å²) in [7, 11) is 1.40. The summed E-state index contributed by atoms with van der Waals surface area (Å²) >= 11 is 0. The van der Waals surface area contributed by atoms with Gasteiger partial charge in [0.25, 0.3) is 0 Å². The maximum Gasteiger partial charge on any atom is 0.414 e. The zero-order chi connectivity index (χ0) is 16.5. The van der Waals surface area contributed by atoms with Crippen molar-refractivity contribution in [3.05, 3.63) is 59.7 Å². The van der Waals surface area contributed by atoms with Crippen molar-refractivity contribution in [2.45, 2.75) is 12.5 Å². The number of anilines is 1. The topological polar surface area (TPSA) is 48.0 Å². The van der Waals surface area contributed by atoms with Gasteiger partial charge in [0.15, 0.2) is 11.5 Å². The summed E-state index contributed by atoms with van der Waals surface area (Å²) in [5.41, 5.74) is 2.93. The Hall–Kier alpha value is -2.95. The molecule has 0 aromatic heterocycles. The van der Waals surface area contributed by atoms with Crippen molar-refractivity contribution in [3.8, 4) is 11.5 Å². The van der Waals surface area contributed by atoms with Gasteiger partial charge in [-0.15, -0.1) is 0 Å². The van der Waals surface area contributed by atoms with Crippen molar-refractivity contribution in [3.63, 3.8) is 0 Å². The fourth-order valence-corrected chi connectivity index (χ4v) is 3.13. The normalized spacial score (nSPS) is 17.5. The van der Waals surface area contributed by atoms with Crippen LogP contribution in [0.1, 0.15) is 11.1 Å². The summed E-state index contributed by atoms with van der Waals surface area (Å²) in [6, 6.07) is 13.5. The number of benzene rings is 2. The van der Waals surface area contributed by atoms with Gasteiger partial charge >= 0.3 is 6.09 Å². The first kappa shape index (κ1) is 14.6. The van der Waals surface area contributed by atoms with Crippen molar-refractivity contribution in [1.29, 1.82) is 0 Å². The van der Waals surface area contributed by atoms with Crippen LogP contribution in [0.4, 0.5) is 10.5 Å². The van der Waals surface area contributed by atoms with Crippen LogP contribution in [0, 0.1) is 0 Å². The van der Waals surface area contributed by atoms with Crippen LogP contribution in [-0.2, 0) is 11.2 Å². The molecule has 0 aliphatic carbocycles. The number of methoxy groups -OCH3 is 1. The molecule has 2 aromatic rings. The molecule has 5 nitrogen and oxygen atoms in total. The molecule has 0 spiro atoms. The zero-order valence-electron chi connectivity index (χ0n) is 13.3. The van der Waals surface area contributed by atoms with Gasteiger partial charge < -0.3 is 14.2 Å². The second kappa shape index (κ2) is 5.92. The fourth-order valence-electron chi connectivity index (χ4n) is 3.13. The van der Waals surface area contributed by atoms with Crippen molar-refractivity contribution in [1.82, 2.24) is 0 Å². The van der Waals surface area contributed by atoms with Crippen molar-refractivity contribution < 1.29 is 19.0 Å². The van der Waals surface area contributed by atoms with E-state index in [0.29, 0.717) is 6.42 Å². The Morgan fingerprint density at radius 2 is 2.04 bits per heavy atom. The lowest BCUT2D eigenvalue weighted by Crippen LogP contribution is -2.42. The number of carbonyl (C=O) groups is 1. The zero-order valence-corrected chi connectivity index (χ0v) is 13.3. The molecule has 1 amide bonds. The largest absolute Gasteiger partial charge is 0.454 e. The number of hydrogen-bond donors (Lipinski definition) is 0. The molecular weight excluding hydrogens is 306 g/mol. The Bertz CT molecular complexity index is 815. The lowest BCUT2D eigenvalue weighted by molar-refractivity contribution is 0.174. The van der Waals surface area contributed by atoms with Gasteiger partial charge in [-0.1, -0.05) is 36.4 Å². The summed E-state index contributed by atoms with van der Waals surface area (Å²) in [4.78, 5) is 14.0. The molecule has 2 aliphatic heterocycles. The summed E-state index contributed by atoms with van der Waals surface area (Å²) in [6.07, 6.45) is 4.38. The Morgan fingerprint density at radius 3 is 2.92 bits per heavy atom. The van der Waals surface area contributed by atoms with Gasteiger partial charge in [0, 0.05) is 0 Å². The minimum absolute atomic E-state index is 0.118. The first-order chi connectivity index (χ1) is 11.8. The average molecular weight is 323 g/mol. The maximum absolute atomic E-state index is 12.3. The average Bonchev–Trinajstić information content (AvgIpc) is 3.08. The molecular formula is C19H17NO4. The van der Waals surface area contributed by atoms with E-state index in [2.05, 4.69) is 0 Å². The van der Waals surface area contributed by atoms with Gasteiger partial charge in [0.1, 0.15) is 0 Å². The van der Waals surface area contributed by atoms with E-state index in [9.17, 15) is 4.79 Å². The van der Waals surface area contributed by atoms with Crippen LogP contribution < -0.4 is 14.4 Å². The predicted molar refractivity (Wildman–Crippen MR) is 90.4 cm³/mol. The Balaban J connectivity index is 1.65. The Morgan fingerprint density at radius 1 is 1.21 bits per heavy atom. The number of para-hydroxylation sites is 1. The van der Waals surface area contributed by atoms with Gasteiger partial charge in [0.2, 0.25) is 6.79 Å². The van der Waals surface area contributed by atoms with E-state index in [1.807, 2.05) is 54.6 Å². The number of rotatable bonds is 2. The second-order valence-corrected chi connectivity index (χ2v) is 5.72. The third-order valence-electron chi connectivity index (χ3n) is 4.28. The summed E-state index contributed by atoms with van der Waals surface area (Å²) in [5, 5.41) is 0. The number of nitrogens with zero attached hydrogens (tertiary/aromatic N) is 1. The number of hydrogen-bond acceptors (Lipinski definition) is 4. The molecule has 2 heterocycles. The van der Waals surface area contributed by atoms with Crippen LogP contribution in [0.15, 0.2) is 48.5 Å². The molecule has 0 radical (unpaired) electrons. The maximum atomic E-state index is 12.3. The highest BCUT2D eigenvalue weighted by atomic mass is 16.7. The standard InChI is InChI=1S/C19H17NO4/c1-22-19(21)20-15(8-7-14-4-2-3-5-16(14)20)10-13-6-9-17-18(11-13)24-12-23-17/h2-9,11,15H,10,12H2,1H3. The SMILES string of the molecule is COC(=O)N1c2ccccc2C=CC1Cc1ccc2c(c1)OCO2. The number of fused-ring (bicyclic) bond motifs is 2. The van der Waals surface area contributed by atoms with Crippen LogP contribution >= 0.6 is 0 Å². The molecule has 1 atom stereocenters. The Kier molecular flexibility index (Phi) is 3.61. The second-order valence-electron chi connectivity index (χ2n) is 5.72. The van der Waals surface area contributed by atoms with E-state index in [-0.39, 0.29) is 18.9 Å². The lowest BCUT2D eigenvalue weighted by atomic mass is 9.98. The van der Waals surface area contributed by atoms with E-state index < -0.39 is 0 Å². The number of ether oxygens (including phenoxy) is 3. The molecule has 122 valence electrons. The minimum Gasteiger partial charge on any atom is -0.454 e. The third kappa shape index (κ3) is 2.48. The van der Waals surface area contributed by atoms with Crippen LogP contribution in [-0.4, -0.2) is 26.0 Å². The van der Waals surface area contributed by atoms with E-state index in [1.165, 1.54) is 7.11 Å². The van der Waals surface area contributed by atoms with Gasteiger partial charge in [0.05, 0.1) is 18.8 Å². The summed E-state index contributed by atoms with van der Waals surface area (Å²) in [5.74, 6) is 1.51. The van der Waals surface area contributed by atoms with E-state index in [4.69, 9.17) is 14.2 Å². The quantitative estimate of drug-likeness (QED) is 0.847. The van der Waals surface area contributed by atoms with Gasteiger partial charge in [-0.3, -0.25) is 4.90 Å². The van der Waals surface area contributed by atoms with E-state index >= 15 is 0 Å². The molecule has 4 rings (SSSR count). The van der Waals surface area contributed by atoms with Crippen LogP contribution in [0.2, 0.25) is 0 Å². The highest BCUT2D eigenvalue weighted by molar-refractivity contribution is 5.93. The van der Waals surface area contributed by atoms with Gasteiger partial charge in [-0.05, 0) is 35.7 Å². The van der Waals surface area contributed by atoms with Crippen LogP contribution in [0.25, 0.3) is 6.08 Å². The van der Waals surface area contributed by atoms with Crippen molar-refractivity contribution in [2.24, 2.45) is 0 Å². The van der Waals surface area contributed by atoms with Crippen molar-refractivity contribution in [2.75, 3.05) is 18.8 Å². The first-order valence-corrected chi connectivity index (χ1v) is 7.79. The molecule has 2 aliphatic rings. The monoisotopic (exact) mass is 323 g/mol. The molecule has 0 saturated carbocycles. The predicted octanol–water partition coefficient (Wildman–Crippen LogP) is 3.63. The molecule has 0 saturated heterocycles. The summed E-state index contributed by atoms with van der Waals surface area (Å²) < 4.78 is 15.8. The van der Waals surface area contributed by atoms with Crippen LogP contribution in [0.5, 0.6) is 11.5 Å². The smallest absolute Gasteiger partial charge is 0.414 e. The number of amides is 1. The minimum atomic E-state index is -0.363. The molecule has 2 aromatic carbocycles. The molecule has 0 fully saturated rings. The van der Waals surface area contributed by atoms with Gasteiger partial charge in [-0.25, -0.2) is 4.79 Å². The van der Waals surface area contributed by atoms with E-state index in [0.717, 1.165) is 28.3 Å². The highest BCUT2D eigenvalue weighted by Gasteiger charge is 2.29. The van der Waals surface area contributed by atoms with Gasteiger partial charge in [-0.2, -0.15) is 0 Å². The third-order valence-corrected chi connectivity index (χ3v) is 4.28. The molecule has 0 N–H and O–H groups in total. The van der Waals surface area contributed by atoms with Crippen molar-refractivity contribution >= 4 is 17.9 Å². The number of carbonyl (C=O) groups excluding carboxylic acids is 1. The molecule has 1 unspecified atom stereocenters. The molecule has 24 heavy (non-hydrogen) atoms. The highest BCUT2D eigenvalue weighted by Crippen LogP contribution is 2.35. The first-order valence-electron chi connectivity index (χ1n) is 7.79. The van der Waals surface area contributed by atoms with E-state index in [1.54, 1.807) is 4.90 Å².